The lowest BCUT2D eigenvalue weighted by atomic mass is 10.1. The molecule has 1 amide bonds. The van der Waals surface area contributed by atoms with Gasteiger partial charge in [-0.2, -0.15) is 0 Å². The van der Waals surface area contributed by atoms with Crippen LogP contribution in [-0.4, -0.2) is 11.1 Å². The molecule has 2 aromatic rings. The Balaban J connectivity index is 2.15. The van der Waals surface area contributed by atoms with E-state index in [0.29, 0.717) is 11.5 Å². The van der Waals surface area contributed by atoms with Gasteiger partial charge >= 0.3 is 0 Å². The fraction of sp³-hybridized carbons (Fsp3) is 0.231. The first-order chi connectivity index (χ1) is 8.06. The standard InChI is InChI=1S/C13H14N2O2/c1-8-4-5-11(6-9(8)2)14-13(16)12-7-10(3)17-15-12/h4-7H,1-3H3,(H,14,16). The van der Waals surface area contributed by atoms with Crippen LogP contribution < -0.4 is 5.32 Å². The van der Waals surface area contributed by atoms with E-state index in [1.165, 1.54) is 5.56 Å². The maximum Gasteiger partial charge on any atom is 0.277 e. The van der Waals surface area contributed by atoms with E-state index in [1.807, 2.05) is 32.0 Å². The lowest BCUT2D eigenvalue weighted by molar-refractivity contribution is 0.101. The third kappa shape index (κ3) is 2.53. The highest BCUT2D eigenvalue weighted by Crippen LogP contribution is 2.15. The number of anilines is 1. The predicted octanol–water partition coefficient (Wildman–Crippen LogP) is 2.85. The van der Waals surface area contributed by atoms with Gasteiger partial charge in [0.05, 0.1) is 0 Å². The van der Waals surface area contributed by atoms with E-state index in [0.717, 1.165) is 11.3 Å². The van der Waals surface area contributed by atoms with Gasteiger partial charge in [-0.25, -0.2) is 0 Å². The summed E-state index contributed by atoms with van der Waals surface area (Å²) in [5.74, 6) is 0.361. The predicted molar refractivity (Wildman–Crippen MR) is 65.1 cm³/mol. The van der Waals surface area contributed by atoms with Crippen LogP contribution in [0.2, 0.25) is 0 Å². The van der Waals surface area contributed by atoms with Gasteiger partial charge in [0, 0.05) is 11.8 Å². The molecule has 17 heavy (non-hydrogen) atoms. The molecule has 0 saturated carbocycles. The van der Waals surface area contributed by atoms with Crippen LogP contribution in [0.3, 0.4) is 0 Å². The quantitative estimate of drug-likeness (QED) is 0.863. The van der Waals surface area contributed by atoms with Crippen molar-refractivity contribution in [2.24, 2.45) is 0 Å². The Kier molecular flexibility index (Phi) is 2.95. The molecule has 4 heteroatoms. The smallest absolute Gasteiger partial charge is 0.277 e. The highest BCUT2D eigenvalue weighted by molar-refractivity contribution is 6.02. The zero-order valence-electron chi connectivity index (χ0n) is 10.1. The van der Waals surface area contributed by atoms with E-state index in [2.05, 4.69) is 10.5 Å². The van der Waals surface area contributed by atoms with Gasteiger partial charge in [-0.05, 0) is 44.0 Å². The first-order valence-corrected chi connectivity index (χ1v) is 5.38. The number of rotatable bonds is 2. The topological polar surface area (TPSA) is 55.1 Å². The van der Waals surface area contributed by atoms with E-state index < -0.39 is 0 Å². The van der Waals surface area contributed by atoms with Gasteiger partial charge in [0.2, 0.25) is 0 Å². The highest BCUT2D eigenvalue weighted by Gasteiger charge is 2.11. The normalized spacial score (nSPS) is 10.3. The van der Waals surface area contributed by atoms with Gasteiger partial charge in [-0.15, -0.1) is 0 Å². The van der Waals surface area contributed by atoms with Crippen molar-refractivity contribution in [3.8, 4) is 0 Å². The van der Waals surface area contributed by atoms with Crippen molar-refractivity contribution in [2.75, 3.05) is 5.32 Å². The van der Waals surface area contributed by atoms with E-state index >= 15 is 0 Å². The average Bonchev–Trinajstić information content (AvgIpc) is 2.70. The van der Waals surface area contributed by atoms with Gasteiger partial charge in [0.25, 0.3) is 5.91 Å². The summed E-state index contributed by atoms with van der Waals surface area (Å²) < 4.78 is 4.86. The van der Waals surface area contributed by atoms with Crippen LogP contribution >= 0.6 is 0 Å². The molecule has 2 rings (SSSR count). The molecule has 0 aliphatic heterocycles. The third-order valence-electron chi connectivity index (χ3n) is 2.63. The number of aromatic nitrogens is 1. The molecule has 0 atom stereocenters. The molecule has 1 heterocycles. The van der Waals surface area contributed by atoms with E-state index in [4.69, 9.17) is 4.52 Å². The zero-order chi connectivity index (χ0) is 12.4. The highest BCUT2D eigenvalue weighted by atomic mass is 16.5. The Hall–Kier alpha value is -2.10. The summed E-state index contributed by atoms with van der Waals surface area (Å²) in [5, 5.41) is 6.44. The molecule has 88 valence electrons. The lowest BCUT2D eigenvalue weighted by Crippen LogP contribution is -2.12. The molecule has 0 bridgehead atoms. The van der Waals surface area contributed by atoms with Crippen molar-refractivity contribution in [3.63, 3.8) is 0 Å². The third-order valence-corrected chi connectivity index (χ3v) is 2.63. The number of hydrogen-bond donors (Lipinski definition) is 1. The van der Waals surface area contributed by atoms with E-state index in [9.17, 15) is 4.79 Å². The summed E-state index contributed by atoms with van der Waals surface area (Å²) in [4.78, 5) is 11.8. The van der Waals surface area contributed by atoms with Crippen LogP contribution in [-0.2, 0) is 0 Å². The summed E-state index contributed by atoms with van der Waals surface area (Å²) in [6, 6.07) is 7.38. The minimum absolute atomic E-state index is 0.259. The van der Waals surface area contributed by atoms with Crippen LogP contribution in [0.25, 0.3) is 0 Å². The molecule has 0 saturated heterocycles. The SMILES string of the molecule is Cc1cc(C(=O)Nc2ccc(C)c(C)c2)no1. The molecular weight excluding hydrogens is 216 g/mol. The number of hydrogen-bond acceptors (Lipinski definition) is 3. The molecule has 0 fully saturated rings. The van der Waals surface area contributed by atoms with Crippen LogP contribution in [0.1, 0.15) is 27.4 Å². The number of carbonyl (C=O) groups excluding carboxylic acids is 1. The number of benzene rings is 1. The number of nitrogens with zero attached hydrogens (tertiary/aromatic N) is 1. The second-order valence-corrected chi connectivity index (χ2v) is 4.08. The number of carbonyl (C=O) groups is 1. The van der Waals surface area contributed by atoms with Crippen molar-refractivity contribution in [1.29, 1.82) is 0 Å². The minimum Gasteiger partial charge on any atom is -0.361 e. The molecular formula is C13H14N2O2. The summed E-state index contributed by atoms with van der Waals surface area (Å²) in [6.07, 6.45) is 0. The first-order valence-electron chi connectivity index (χ1n) is 5.38. The maximum absolute atomic E-state index is 11.8. The van der Waals surface area contributed by atoms with Crippen LogP contribution in [0.5, 0.6) is 0 Å². The maximum atomic E-state index is 11.8. The molecule has 0 aliphatic rings. The molecule has 1 aromatic carbocycles. The molecule has 0 radical (unpaired) electrons. The van der Waals surface area contributed by atoms with Crippen molar-refractivity contribution in [1.82, 2.24) is 5.16 Å². The van der Waals surface area contributed by atoms with E-state index in [1.54, 1.807) is 13.0 Å². The monoisotopic (exact) mass is 230 g/mol. The number of aryl methyl sites for hydroxylation is 3. The Morgan fingerprint density at radius 2 is 1.94 bits per heavy atom. The Morgan fingerprint density at radius 3 is 2.53 bits per heavy atom. The Morgan fingerprint density at radius 1 is 1.18 bits per heavy atom. The average molecular weight is 230 g/mol. The minimum atomic E-state index is -0.259. The zero-order valence-corrected chi connectivity index (χ0v) is 10.1. The summed E-state index contributed by atoms with van der Waals surface area (Å²) in [5.41, 5.74) is 3.39. The van der Waals surface area contributed by atoms with Gasteiger partial charge in [0.15, 0.2) is 5.69 Å². The Bertz CT molecular complexity index is 558. The fourth-order valence-electron chi connectivity index (χ4n) is 1.49. The number of amides is 1. The van der Waals surface area contributed by atoms with Gasteiger partial charge in [-0.1, -0.05) is 11.2 Å². The summed E-state index contributed by atoms with van der Waals surface area (Å²) >= 11 is 0. The number of nitrogens with one attached hydrogen (secondary N) is 1. The summed E-state index contributed by atoms with van der Waals surface area (Å²) in [6.45, 7) is 5.78. The van der Waals surface area contributed by atoms with Crippen molar-refractivity contribution in [3.05, 3.63) is 46.8 Å². The van der Waals surface area contributed by atoms with Crippen molar-refractivity contribution >= 4 is 11.6 Å². The molecule has 4 nitrogen and oxygen atoms in total. The van der Waals surface area contributed by atoms with Gasteiger partial charge < -0.3 is 9.84 Å². The molecule has 0 unspecified atom stereocenters. The van der Waals surface area contributed by atoms with Crippen LogP contribution in [0, 0.1) is 20.8 Å². The van der Waals surface area contributed by atoms with Gasteiger partial charge in [0.1, 0.15) is 5.76 Å². The van der Waals surface area contributed by atoms with Gasteiger partial charge in [-0.3, -0.25) is 4.79 Å². The van der Waals surface area contributed by atoms with E-state index in [-0.39, 0.29) is 5.91 Å². The fourth-order valence-corrected chi connectivity index (χ4v) is 1.49. The molecule has 1 aromatic heterocycles. The second-order valence-electron chi connectivity index (χ2n) is 4.08. The molecule has 0 spiro atoms. The van der Waals surface area contributed by atoms with Crippen molar-refractivity contribution < 1.29 is 9.32 Å². The lowest BCUT2D eigenvalue weighted by Gasteiger charge is -2.05. The van der Waals surface area contributed by atoms with Crippen LogP contribution in [0.15, 0.2) is 28.8 Å². The molecule has 0 aliphatic carbocycles. The largest absolute Gasteiger partial charge is 0.361 e. The first kappa shape index (κ1) is 11.4. The second kappa shape index (κ2) is 4.41. The summed E-state index contributed by atoms with van der Waals surface area (Å²) in [7, 11) is 0. The van der Waals surface area contributed by atoms with Crippen molar-refractivity contribution in [2.45, 2.75) is 20.8 Å². The molecule has 1 N–H and O–H groups in total. The Labute approximate surface area is 99.6 Å². The van der Waals surface area contributed by atoms with Crippen LogP contribution in [0.4, 0.5) is 5.69 Å².